The molecule has 2 heterocycles. The van der Waals surface area contributed by atoms with Crippen LogP contribution in [0.4, 0.5) is 18.0 Å². The molecule has 0 spiro atoms. The molecule has 26 heavy (non-hydrogen) atoms. The fourth-order valence-corrected chi connectivity index (χ4v) is 2.93. The fourth-order valence-electron chi connectivity index (χ4n) is 2.93. The van der Waals surface area contributed by atoms with Gasteiger partial charge in [-0.3, -0.25) is 4.68 Å². The number of para-hydroxylation sites is 1. The third kappa shape index (κ3) is 3.92. The van der Waals surface area contributed by atoms with Crippen LogP contribution in [0, 0.1) is 0 Å². The summed E-state index contributed by atoms with van der Waals surface area (Å²) >= 11 is 0. The van der Waals surface area contributed by atoms with Crippen LogP contribution in [0.2, 0.25) is 0 Å². The minimum atomic E-state index is -4.56. The van der Waals surface area contributed by atoms with E-state index in [2.05, 4.69) is 10.4 Å². The van der Waals surface area contributed by atoms with Gasteiger partial charge < -0.3 is 15.0 Å². The van der Waals surface area contributed by atoms with Gasteiger partial charge in [-0.15, -0.1) is 0 Å². The Labute approximate surface area is 148 Å². The molecule has 0 saturated carbocycles. The molecule has 0 radical (unpaired) electrons. The first-order chi connectivity index (χ1) is 12.2. The molecule has 1 aromatic carbocycles. The number of urea groups is 1. The average molecular weight is 368 g/mol. The van der Waals surface area contributed by atoms with Crippen molar-refractivity contribution in [2.75, 3.05) is 6.54 Å². The molecule has 6 nitrogen and oxygen atoms in total. The summed E-state index contributed by atoms with van der Waals surface area (Å²) in [7, 11) is 1.41. The second-order valence-corrected chi connectivity index (χ2v) is 6.25. The Hall–Kier alpha value is -2.71. The number of nitrogens with zero attached hydrogens (tertiary/aromatic N) is 3. The molecule has 0 saturated heterocycles. The van der Waals surface area contributed by atoms with Gasteiger partial charge in [0.1, 0.15) is 11.9 Å². The number of nitrogens with one attached hydrogen (secondary N) is 1. The van der Waals surface area contributed by atoms with Gasteiger partial charge in [-0.05, 0) is 13.0 Å². The molecular formula is C17H19F3N4O2. The quantitative estimate of drug-likeness (QED) is 0.887. The van der Waals surface area contributed by atoms with Crippen molar-refractivity contribution in [2.45, 2.75) is 32.3 Å². The van der Waals surface area contributed by atoms with Gasteiger partial charge in [0.2, 0.25) is 0 Å². The molecule has 0 fully saturated rings. The van der Waals surface area contributed by atoms with Crippen LogP contribution in [0.3, 0.4) is 0 Å². The van der Waals surface area contributed by atoms with E-state index in [4.69, 9.17) is 4.74 Å². The lowest BCUT2D eigenvalue weighted by atomic mass is 10.2. The van der Waals surface area contributed by atoms with Crippen molar-refractivity contribution in [3.63, 3.8) is 0 Å². The number of fused-ring (bicyclic) bond motifs is 1. The lowest BCUT2D eigenvalue weighted by Crippen LogP contribution is -2.42. The number of hydrogen-bond acceptors (Lipinski definition) is 3. The van der Waals surface area contributed by atoms with Crippen molar-refractivity contribution in [3.8, 4) is 5.75 Å². The first-order valence-electron chi connectivity index (χ1n) is 8.11. The van der Waals surface area contributed by atoms with Crippen LogP contribution in [-0.4, -0.2) is 33.4 Å². The molecule has 140 valence electrons. The molecule has 1 aliphatic rings. The van der Waals surface area contributed by atoms with Gasteiger partial charge in [0, 0.05) is 30.9 Å². The van der Waals surface area contributed by atoms with Crippen LogP contribution < -0.4 is 10.1 Å². The molecular weight excluding hydrogens is 349 g/mol. The van der Waals surface area contributed by atoms with Crippen LogP contribution in [0.1, 0.15) is 23.7 Å². The van der Waals surface area contributed by atoms with Gasteiger partial charge in [0.25, 0.3) is 0 Å². The van der Waals surface area contributed by atoms with Gasteiger partial charge in [0.15, 0.2) is 5.69 Å². The summed E-state index contributed by atoms with van der Waals surface area (Å²) in [4.78, 5) is 14.0. The van der Waals surface area contributed by atoms with E-state index in [0.717, 1.165) is 10.2 Å². The van der Waals surface area contributed by atoms with E-state index in [1.54, 1.807) is 0 Å². The highest BCUT2D eigenvalue weighted by Crippen LogP contribution is 2.30. The van der Waals surface area contributed by atoms with E-state index < -0.39 is 17.9 Å². The summed E-state index contributed by atoms with van der Waals surface area (Å²) in [6, 6.07) is 6.94. The molecule has 0 bridgehead atoms. The summed E-state index contributed by atoms with van der Waals surface area (Å²) in [5.41, 5.74) is -0.213. The Morgan fingerprint density at radius 1 is 1.38 bits per heavy atom. The maximum Gasteiger partial charge on any atom is 0.435 e. The largest absolute Gasteiger partial charge is 0.489 e. The Bertz CT molecular complexity index is 804. The zero-order valence-corrected chi connectivity index (χ0v) is 14.4. The standard InChI is InChI=1S/C17H19F3N4O2/c1-11-8-24(10-12-5-3-4-6-14(12)26-11)16(25)21-7-13-9-23(2)22-15(13)17(18,19)20/h3-6,9,11H,7-8,10H2,1-2H3,(H,21,25)/t11-/m0/s1. The highest BCUT2D eigenvalue weighted by atomic mass is 19.4. The first kappa shape index (κ1) is 18.1. The fraction of sp³-hybridized carbons (Fsp3) is 0.412. The summed E-state index contributed by atoms with van der Waals surface area (Å²) in [6.45, 7) is 2.24. The summed E-state index contributed by atoms with van der Waals surface area (Å²) < 4.78 is 45.9. The van der Waals surface area contributed by atoms with Crippen molar-refractivity contribution in [1.29, 1.82) is 0 Å². The maximum absolute atomic E-state index is 13.0. The lowest BCUT2D eigenvalue weighted by molar-refractivity contribution is -0.142. The number of amides is 2. The van der Waals surface area contributed by atoms with Gasteiger partial charge in [-0.1, -0.05) is 18.2 Å². The van der Waals surface area contributed by atoms with E-state index in [1.807, 2.05) is 31.2 Å². The van der Waals surface area contributed by atoms with E-state index in [1.165, 1.54) is 18.1 Å². The second-order valence-electron chi connectivity index (χ2n) is 6.25. The number of aryl methyl sites for hydroxylation is 1. The van der Waals surface area contributed by atoms with Gasteiger partial charge in [-0.25, -0.2) is 4.79 Å². The van der Waals surface area contributed by atoms with Gasteiger partial charge >= 0.3 is 12.2 Å². The Kier molecular flexibility index (Phi) is 4.80. The maximum atomic E-state index is 13.0. The second kappa shape index (κ2) is 6.89. The lowest BCUT2D eigenvalue weighted by Gasteiger charge is -2.22. The number of hydrogen-bond donors (Lipinski definition) is 1. The van der Waals surface area contributed by atoms with E-state index in [0.29, 0.717) is 18.8 Å². The Balaban J connectivity index is 1.71. The predicted octanol–water partition coefficient (Wildman–Crippen LogP) is 2.93. The topological polar surface area (TPSA) is 59.4 Å². The number of alkyl halides is 3. The number of benzene rings is 1. The van der Waals surface area contributed by atoms with E-state index in [-0.39, 0.29) is 18.2 Å². The normalized spacial score (nSPS) is 17.3. The number of carbonyl (C=O) groups excluding carboxylic acids is 1. The number of aromatic nitrogens is 2. The van der Waals surface area contributed by atoms with Crippen LogP contribution in [0.25, 0.3) is 0 Å². The monoisotopic (exact) mass is 368 g/mol. The third-order valence-corrected chi connectivity index (χ3v) is 4.03. The molecule has 2 amide bonds. The average Bonchev–Trinajstić information content (AvgIpc) is 2.85. The minimum absolute atomic E-state index is 0.0760. The predicted molar refractivity (Wildman–Crippen MR) is 87.4 cm³/mol. The summed E-state index contributed by atoms with van der Waals surface area (Å²) in [6.07, 6.45) is -3.54. The molecule has 1 N–H and O–H groups in total. The zero-order valence-electron chi connectivity index (χ0n) is 14.4. The minimum Gasteiger partial charge on any atom is -0.489 e. The Morgan fingerprint density at radius 2 is 2.12 bits per heavy atom. The van der Waals surface area contributed by atoms with E-state index >= 15 is 0 Å². The van der Waals surface area contributed by atoms with Crippen molar-refractivity contribution >= 4 is 6.03 Å². The molecule has 1 aliphatic heterocycles. The van der Waals surface area contributed by atoms with Crippen LogP contribution in [0.15, 0.2) is 30.5 Å². The summed E-state index contributed by atoms with van der Waals surface area (Å²) in [5, 5.41) is 5.99. The number of rotatable bonds is 2. The summed E-state index contributed by atoms with van der Waals surface area (Å²) in [5.74, 6) is 0.710. The molecule has 9 heteroatoms. The van der Waals surface area contributed by atoms with Crippen LogP contribution in [-0.2, 0) is 26.3 Å². The molecule has 2 aromatic rings. The molecule has 1 aromatic heterocycles. The smallest absolute Gasteiger partial charge is 0.435 e. The van der Waals surface area contributed by atoms with Gasteiger partial charge in [-0.2, -0.15) is 18.3 Å². The first-order valence-corrected chi connectivity index (χ1v) is 8.11. The molecule has 3 rings (SSSR count). The van der Waals surface area contributed by atoms with E-state index in [9.17, 15) is 18.0 Å². The highest BCUT2D eigenvalue weighted by molar-refractivity contribution is 5.74. The number of halogens is 3. The van der Waals surface area contributed by atoms with Crippen molar-refractivity contribution in [3.05, 3.63) is 47.3 Å². The van der Waals surface area contributed by atoms with Crippen LogP contribution in [0.5, 0.6) is 5.75 Å². The van der Waals surface area contributed by atoms with Crippen molar-refractivity contribution in [1.82, 2.24) is 20.0 Å². The molecule has 0 unspecified atom stereocenters. The van der Waals surface area contributed by atoms with Crippen molar-refractivity contribution in [2.24, 2.45) is 7.05 Å². The highest BCUT2D eigenvalue weighted by Gasteiger charge is 2.37. The third-order valence-electron chi connectivity index (χ3n) is 4.03. The van der Waals surface area contributed by atoms with Crippen LogP contribution >= 0.6 is 0 Å². The number of carbonyl (C=O) groups is 1. The zero-order chi connectivity index (χ0) is 18.9. The molecule has 0 aliphatic carbocycles. The number of ether oxygens (including phenoxy) is 1. The molecule has 1 atom stereocenters. The van der Waals surface area contributed by atoms with Gasteiger partial charge in [0.05, 0.1) is 13.1 Å². The van der Waals surface area contributed by atoms with Crippen molar-refractivity contribution < 1.29 is 22.7 Å². The SMILES string of the molecule is C[C@H]1CN(C(=O)NCc2cn(C)nc2C(F)(F)F)Cc2ccccc2O1. The Morgan fingerprint density at radius 3 is 2.85 bits per heavy atom.